The molecule has 0 aliphatic carbocycles. The Hall–Kier alpha value is -3.11. The summed E-state index contributed by atoms with van der Waals surface area (Å²) >= 11 is 0. The van der Waals surface area contributed by atoms with E-state index in [0.29, 0.717) is 6.07 Å². The number of esters is 2. The number of amides is 1. The van der Waals surface area contributed by atoms with E-state index in [1.807, 2.05) is 5.32 Å². The molecule has 0 aromatic heterocycles. The summed E-state index contributed by atoms with van der Waals surface area (Å²) in [5, 5.41) is 11.3. The van der Waals surface area contributed by atoms with Crippen LogP contribution in [0.1, 0.15) is 36.2 Å². The number of alkyl halides is 3. The van der Waals surface area contributed by atoms with Crippen molar-refractivity contribution in [3.8, 4) is 0 Å². The summed E-state index contributed by atoms with van der Waals surface area (Å²) in [4.78, 5) is 47.9. The highest BCUT2D eigenvalue weighted by Crippen LogP contribution is 2.32. The fourth-order valence-electron chi connectivity index (χ4n) is 2.47. The van der Waals surface area contributed by atoms with Crippen LogP contribution in [0.2, 0.25) is 0 Å². The number of aliphatic carboxylic acids is 1. The second-order valence-electron chi connectivity index (χ2n) is 5.70. The first kappa shape index (κ1) is 23.9. The van der Waals surface area contributed by atoms with Crippen LogP contribution in [0.5, 0.6) is 0 Å². The monoisotopic (exact) mass is 419 g/mol. The quantitative estimate of drug-likeness (QED) is 0.588. The molecule has 0 bridgehead atoms. The lowest BCUT2D eigenvalue weighted by molar-refractivity contribution is -0.159. The van der Waals surface area contributed by atoms with Gasteiger partial charge in [0, 0.05) is 0 Å². The third kappa shape index (κ3) is 6.77. The van der Waals surface area contributed by atoms with Crippen LogP contribution in [-0.2, 0) is 30.0 Å². The van der Waals surface area contributed by atoms with E-state index in [0.717, 1.165) is 12.1 Å². The minimum atomic E-state index is -4.86. The van der Waals surface area contributed by atoms with Gasteiger partial charge in [-0.25, -0.2) is 4.79 Å². The maximum absolute atomic E-state index is 13.1. The Kier molecular flexibility index (Phi) is 8.61. The summed E-state index contributed by atoms with van der Waals surface area (Å²) in [6.07, 6.45) is -5.61. The second kappa shape index (κ2) is 10.4. The minimum Gasteiger partial charge on any atom is -0.480 e. The van der Waals surface area contributed by atoms with E-state index >= 15 is 0 Å². The van der Waals surface area contributed by atoms with Crippen LogP contribution in [0.15, 0.2) is 24.3 Å². The molecule has 1 rings (SSSR count). The van der Waals surface area contributed by atoms with Gasteiger partial charge in [-0.15, -0.1) is 0 Å². The molecule has 160 valence electrons. The van der Waals surface area contributed by atoms with Crippen LogP contribution >= 0.6 is 0 Å². The number of rotatable bonds is 9. The fraction of sp³-hybridized carbons (Fsp3) is 0.444. The van der Waals surface area contributed by atoms with Crippen LogP contribution in [-0.4, -0.2) is 48.2 Å². The minimum absolute atomic E-state index is 0.0442. The molecule has 2 N–H and O–H groups in total. The van der Waals surface area contributed by atoms with Gasteiger partial charge in [0.15, 0.2) is 0 Å². The molecular weight excluding hydrogens is 399 g/mol. The topological polar surface area (TPSA) is 119 Å². The predicted octanol–water partition coefficient (Wildman–Crippen LogP) is 2.02. The molecule has 1 amide bonds. The van der Waals surface area contributed by atoms with Crippen LogP contribution in [0, 0.1) is 5.92 Å². The SMILES string of the molecule is CCOC(=O)C[C@H](C(=O)OCC)[C@H](NC(=O)c1ccccc1C(F)(F)F)C(=O)O. The Labute approximate surface area is 164 Å². The number of carbonyl (C=O) groups excluding carboxylic acids is 3. The average Bonchev–Trinajstić information content (AvgIpc) is 2.63. The molecule has 2 atom stereocenters. The molecule has 1 aromatic rings. The zero-order chi connectivity index (χ0) is 22.2. The Morgan fingerprint density at radius 1 is 1.07 bits per heavy atom. The first-order valence-electron chi connectivity index (χ1n) is 8.55. The summed E-state index contributed by atoms with van der Waals surface area (Å²) in [5.74, 6) is -6.85. The molecule has 0 saturated heterocycles. The summed E-state index contributed by atoms with van der Waals surface area (Å²) in [7, 11) is 0. The van der Waals surface area contributed by atoms with E-state index in [4.69, 9.17) is 4.74 Å². The maximum atomic E-state index is 13.1. The number of carboxylic acids is 1. The van der Waals surface area contributed by atoms with Gasteiger partial charge in [-0.2, -0.15) is 13.2 Å². The largest absolute Gasteiger partial charge is 0.480 e. The van der Waals surface area contributed by atoms with Gasteiger partial charge in [0.2, 0.25) is 0 Å². The fourth-order valence-corrected chi connectivity index (χ4v) is 2.47. The molecule has 0 aliphatic rings. The third-order valence-electron chi connectivity index (χ3n) is 3.71. The van der Waals surface area contributed by atoms with Crippen LogP contribution in [0.4, 0.5) is 13.2 Å². The van der Waals surface area contributed by atoms with E-state index in [9.17, 15) is 37.5 Å². The second-order valence-corrected chi connectivity index (χ2v) is 5.70. The third-order valence-corrected chi connectivity index (χ3v) is 3.71. The standard InChI is InChI=1S/C18H20F3NO7/c1-3-28-13(23)9-11(17(27)29-4-2)14(16(25)26)22-15(24)10-7-5-6-8-12(10)18(19,20)21/h5-8,11,14H,3-4,9H2,1-2H3,(H,22,24)(H,25,26)/t11-,14-/m0/s1. The number of hydrogen-bond donors (Lipinski definition) is 2. The molecule has 8 nitrogen and oxygen atoms in total. The van der Waals surface area contributed by atoms with E-state index in [1.54, 1.807) is 0 Å². The molecule has 1 aromatic carbocycles. The lowest BCUT2D eigenvalue weighted by atomic mass is 9.95. The van der Waals surface area contributed by atoms with Crippen molar-refractivity contribution in [2.45, 2.75) is 32.5 Å². The molecule has 0 fully saturated rings. The van der Waals surface area contributed by atoms with Crippen molar-refractivity contribution in [1.29, 1.82) is 0 Å². The summed E-state index contributed by atoms with van der Waals surface area (Å²) in [6, 6.07) is 1.73. The zero-order valence-corrected chi connectivity index (χ0v) is 15.6. The molecule has 29 heavy (non-hydrogen) atoms. The van der Waals surface area contributed by atoms with Crippen molar-refractivity contribution in [1.82, 2.24) is 5.32 Å². The molecule has 0 aliphatic heterocycles. The number of benzene rings is 1. The van der Waals surface area contributed by atoms with Gasteiger partial charge in [0.1, 0.15) is 6.04 Å². The van der Waals surface area contributed by atoms with Gasteiger partial charge in [-0.1, -0.05) is 12.1 Å². The van der Waals surface area contributed by atoms with Crippen molar-refractivity contribution in [3.05, 3.63) is 35.4 Å². The normalized spacial score (nSPS) is 13.1. The number of hydrogen-bond acceptors (Lipinski definition) is 6. The average molecular weight is 419 g/mol. The van der Waals surface area contributed by atoms with Crippen molar-refractivity contribution < 1.29 is 46.9 Å². The van der Waals surface area contributed by atoms with E-state index in [1.165, 1.54) is 19.9 Å². The Balaban J connectivity index is 3.23. The number of nitrogens with one attached hydrogen (secondary N) is 1. The van der Waals surface area contributed by atoms with Gasteiger partial charge < -0.3 is 19.9 Å². The highest BCUT2D eigenvalue weighted by atomic mass is 19.4. The van der Waals surface area contributed by atoms with Gasteiger partial charge in [0.25, 0.3) is 5.91 Å². The van der Waals surface area contributed by atoms with Crippen molar-refractivity contribution in [2.24, 2.45) is 5.92 Å². The van der Waals surface area contributed by atoms with E-state index < -0.39 is 59.5 Å². The highest BCUT2D eigenvalue weighted by Gasteiger charge is 2.40. The van der Waals surface area contributed by atoms with E-state index in [2.05, 4.69) is 4.74 Å². The van der Waals surface area contributed by atoms with Gasteiger partial charge >= 0.3 is 24.1 Å². The zero-order valence-electron chi connectivity index (χ0n) is 15.6. The van der Waals surface area contributed by atoms with Gasteiger partial charge in [-0.3, -0.25) is 14.4 Å². The summed E-state index contributed by atoms with van der Waals surface area (Å²) in [5.41, 5.74) is -2.11. The van der Waals surface area contributed by atoms with E-state index in [-0.39, 0.29) is 13.2 Å². The molecule has 0 radical (unpaired) electrons. The van der Waals surface area contributed by atoms with Crippen LogP contribution in [0.3, 0.4) is 0 Å². The Bertz CT molecular complexity index is 764. The molecule has 11 heteroatoms. The Morgan fingerprint density at radius 2 is 1.66 bits per heavy atom. The number of carbonyl (C=O) groups is 4. The molecule has 0 spiro atoms. The highest BCUT2D eigenvalue weighted by molar-refractivity contribution is 5.99. The predicted molar refractivity (Wildman–Crippen MR) is 91.7 cm³/mol. The molecule has 0 saturated carbocycles. The first-order chi connectivity index (χ1) is 13.5. The lowest BCUT2D eigenvalue weighted by Gasteiger charge is -2.23. The van der Waals surface area contributed by atoms with Gasteiger partial charge in [-0.05, 0) is 26.0 Å². The number of halogens is 3. The van der Waals surface area contributed by atoms with Crippen molar-refractivity contribution in [2.75, 3.05) is 13.2 Å². The lowest BCUT2D eigenvalue weighted by Crippen LogP contribution is -2.50. The van der Waals surface area contributed by atoms with Gasteiger partial charge in [0.05, 0.1) is 36.7 Å². The van der Waals surface area contributed by atoms with Crippen molar-refractivity contribution in [3.63, 3.8) is 0 Å². The molecular formula is C18H20F3NO7. The van der Waals surface area contributed by atoms with Crippen LogP contribution < -0.4 is 5.32 Å². The van der Waals surface area contributed by atoms with Crippen molar-refractivity contribution >= 4 is 23.8 Å². The molecule has 0 heterocycles. The summed E-state index contributed by atoms with van der Waals surface area (Å²) < 4.78 is 48.8. The Morgan fingerprint density at radius 3 is 2.17 bits per heavy atom. The first-order valence-corrected chi connectivity index (χ1v) is 8.55. The molecule has 0 unspecified atom stereocenters. The number of carboxylic acid groups (broad SMARTS) is 1. The number of ether oxygens (including phenoxy) is 2. The maximum Gasteiger partial charge on any atom is 0.417 e. The van der Waals surface area contributed by atoms with Crippen LogP contribution in [0.25, 0.3) is 0 Å². The summed E-state index contributed by atoms with van der Waals surface area (Å²) in [6.45, 7) is 2.74. The smallest absolute Gasteiger partial charge is 0.417 e.